The summed E-state index contributed by atoms with van der Waals surface area (Å²) >= 11 is 1.18. The first kappa shape index (κ1) is 16.2. The summed E-state index contributed by atoms with van der Waals surface area (Å²) in [7, 11) is 0. The lowest BCUT2D eigenvalue weighted by atomic mass is 10.3. The van der Waals surface area contributed by atoms with Gasteiger partial charge in [-0.3, -0.25) is 14.2 Å². The highest BCUT2D eigenvalue weighted by atomic mass is 32.2. The monoisotopic (exact) mass is 345 g/mol. The molecule has 0 unspecified atom stereocenters. The lowest BCUT2D eigenvalue weighted by Crippen LogP contribution is -2.23. The molecule has 9 heteroatoms. The van der Waals surface area contributed by atoms with Gasteiger partial charge < -0.3 is 9.84 Å². The van der Waals surface area contributed by atoms with Crippen LogP contribution in [0.25, 0.3) is 11.0 Å². The summed E-state index contributed by atoms with van der Waals surface area (Å²) in [6.07, 6.45) is 1.58. The quantitative estimate of drug-likeness (QED) is 0.556. The molecule has 0 aromatic carbocycles. The van der Waals surface area contributed by atoms with Gasteiger partial charge in [-0.15, -0.1) is 0 Å². The number of carbonyl (C=O) groups excluding carboxylic acids is 1. The Hall–Kier alpha value is -2.68. The minimum atomic E-state index is -0.258. The van der Waals surface area contributed by atoms with E-state index < -0.39 is 0 Å². The minimum Gasteiger partial charge on any atom is -0.360 e. The second-order valence-corrected chi connectivity index (χ2v) is 5.92. The first-order chi connectivity index (χ1) is 11.6. The molecule has 8 nitrogen and oxygen atoms in total. The standard InChI is InChI=1S/C15H15N5O3S/c1-3-20-14(22)10-5-4-6-16-13(10)18-15(20)24-8-12(21)17-11-7-9(2)23-19-11/h4-7H,3,8H2,1-2H3,(H,17,19,21). The Labute approximate surface area is 141 Å². The van der Waals surface area contributed by atoms with E-state index in [-0.39, 0.29) is 17.2 Å². The summed E-state index contributed by atoms with van der Waals surface area (Å²) in [5, 5.41) is 7.25. The van der Waals surface area contributed by atoms with E-state index in [0.29, 0.717) is 34.3 Å². The van der Waals surface area contributed by atoms with Crippen LogP contribution in [0.4, 0.5) is 5.82 Å². The molecular weight excluding hydrogens is 330 g/mol. The van der Waals surface area contributed by atoms with Crippen LogP contribution in [0.2, 0.25) is 0 Å². The van der Waals surface area contributed by atoms with Crippen molar-refractivity contribution in [2.45, 2.75) is 25.5 Å². The van der Waals surface area contributed by atoms with Gasteiger partial charge in [-0.1, -0.05) is 16.9 Å². The fourth-order valence-corrected chi connectivity index (χ4v) is 3.01. The number of nitrogens with one attached hydrogen (secondary N) is 1. The first-order valence-corrected chi connectivity index (χ1v) is 8.28. The minimum absolute atomic E-state index is 0.0939. The van der Waals surface area contributed by atoms with Crippen molar-refractivity contribution in [2.75, 3.05) is 11.1 Å². The lowest BCUT2D eigenvalue weighted by molar-refractivity contribution is -0.113. The smallest absolute Gasteiger partial charge is 0.263 e. The predicted molar refractivity (Wildman–Crippen MR) is 90.1 cm³/mol. The number of fused-ring (bicyclic) bond motifs is 1. The number of hydrogen-bond acceptors (Lipinski definition) is 7. The molecule has 3 rings (SSSR count). The lowest BCUT2D eigenvalue weighted by Gasteiger charge is -2.10. The molecule has 1 amide bonds. The zero-order valence-electron chi connectivity index (χ0n) is 13.1. The Morgan fingerprint density at radius 2 is 2.29 bits per heavy atom. The van der Waals surface area contributed by atoms with Crippen LogP contribution >= 0.6 is 11.8 Å². The molecule has 124 valence electrons. The zero-order chi connectivity index (χ0) is 17.1. The number of nitrogens with zero attached hydrogens (tertiary/aromatic N) is 4. The molecule has 0 radical (unpaired) electrons. The SMILES string of the molecule is CCn1c(SCC(=O)Nc2cc(C)on2)nc2ncccc2c1=O. The Kier molecular flexibility index (Phi) is 4.61. The largest absolute Gasteiger partial charge is 0.360 e. The Morgan fingerprint density at radius 3 is 3.00 bits per heavy atom. The van der Waals surface area contributed by atoms with Crippen LogP contribution in [0.5, 0.6) is 0 Å². The fraction of sp³-hybridized carbons (Fsp3) is 0.267. The number of amides is 1. The van der Waals surface area contributed by atoms with Gasteiger partial charge in [0.15, 0.2) is 16.6 Å². The van der Waals surface area contributed by atoms with E-state index in [1.54, 1.807) is 31.3 Å². The molecule has 3 aromatic heterocycles. The van der Waals surface area contributed by atoms with Crippen LogP contribution in [-0.4, -0.2) is 31.4 Å². The van der Waals surface area contributed by atoms with Gasteiger partial charge in [0.2, 0.25) is 5.91 Å². The van der Waals surface area contributed by atoms with E-state index >= 15 is 0 Å². The molecule has 24 heavy (non-hydrogen) atoms. The molecule has 0 fully saturated rings. The van der Waals surface area contributed by atoms with Gasteiger partial charge >= 0.3 is 0 Å². The summed E-state index contributed by atoms with van der Waals surface area (Å²) in [5.41, 5.74) is 0.216. The van der Waals surface area contributed by atoms with Gasteiger partial charge in [-0.25, -0.2) is 9.97 Å². The van der Waals surface area contributed by atoms with Gasteiger partial charge in [0.05, 0.1) is 11.1 Å². The van der Waals surface area contributed by atoms with Crippen LogP contribution in [0.1, 0.15) is 12.7 Å². The third-order valence-corrected chi connectivity index (χ3v) is 4.22. The van der Waals surface area contributed by atoms with Crippen molar-refractivity contribution >= 4 is 34.5 Å². The molecular formula is C15H15N5O3S. The van der Waals surface area contributed by atoms with Crippen molar-refractivity contribution in [3.8, 4) is 0 Å². The Bertz CT molecular complexity index is 950. The number of thioether (sulfide) groups is 1. The number of carbonyl (C=O) groups is 1. The van der Waals surface area contributed by atoms with E-state index in [4.69, 9.17) is 4.52 Å². The summed E-state index contributed by atoms with van der Waals surface area (Å²) in [5.74, 6) is 0.807. The highest BCUT2D eigenvalue weighted by Gasteiger charge is 2.13. The van der Waals surface area contributed by atoms with Crippen LogP contribution in [-0.2, 0) is 11.3 Å². The van der Waals surface area contributed by atoms with Gasteiger partial charge in [-0.05, 0) is 26.0 Å². The summed E-state index contributed by atoms with van der Waals surface area (Å²) in [6.45, 7) is 4.06. The molecule has 0 atom stereocenters. The molecule has 0 spiro atoms. The molecule has 3 heterocycles. The molecule has 0 aliphatic carbocycles. The van der Waals surface area contributed by atoms with Crippen LogP contribution in [0, 0.1) is 6.92 Å². The number of anilines is 1. The molecule has 0 saturated heterocycles. The van der Waals surface area contributed by atoms with Crippen molar-refractivity contribution in [1.82, 2.24) is 19.7 Å². The topological polar surface area (TPSA) is 103 Å². The van der Waals surface area contributed by atoms with E-state index in [1.807, 2.05) is 6.92 Å². The van der Waals surface area contributed by atoms with Crippen LogP contribution in [0.15, 0.2) is 38.9 Å². The fourth-order valence-electron chi connectivity index (χ4n) is 2.16. The van der Waals surface area contributed by atoms with Crippen molar-refractivity contribution in [2.24, 2.45) is 0 Å². The van der Waals surface area contributed by atoms with Crippen molar-refractivity contribution in [3.05, 3.63) is 40.5 Å². The molecule has 1 N–H and O–H groups in total. The Balaban J connectivity index is 1.79. The maximum Gasteiger partial charge on any atom is 0.263 e. The van der Waals surface area contributed by atoms with Crippen molar-refractivity contribution < 1.29 is 9.32 Å². The summed E-state index contributed by atoms with van der Waals surface area (Å²) in [4.78, 5) is 33.0. The van der Waals surface area contributed by atoms with Crippen molar-refractivity contribution in [1.29, 1.82) is 0 Å². The number of rotatable bonds is 5. The Morgan fingerprint density at radius 1 is 1.46 bits per heavy atom. The predicted octanol–water partition coefficient (Wildman–Crippen LogP) is 1.84. The van der Waals surface area contributed by atoms with Crippen LogP contribution in [0.3, 0.4) is 0 Å². The zero-order valence-corrected chi connectivity index (χ0v) is 14.0. The molecule has 0 aliphatic heterocycles. The van der Waals surface area contributed by atoms with E-state index in [0.717, 1.165) is 0 Å². The van der Waals surface area contributed by atoms with Gasteiger partial charge in [0, 0.05) is 18.8 Å². The highest BCUT2D eigenvalue weighted by Crippen LogP contribution is 2.17. The second-order valence-electron chi connectivity index (χ2n) is 4.98. The van der Waals surface area contributed by atoms with E-state index in [9.17, 15) is 9.59 Å². The molecule has 3 aromatic rings. The summed E-state index contributed by atoms with van der Waals surface area (Å²) in [6, 6.07) is 5.02. The first-order valence-electron chi connectivity index (χ1n) is 7.30. The van der Waals surface area contributed by atoms with Gasteiger partial charge in [0.1, 0.15) is 5.76 Å². The highest BCUT2D eigenvalue weighted by molar-refractivity contribution is 7.99. The molecule has 0 bridgehead atoms. The number of aromatic nitrogens is 4. The van der Waals surface area contributed by atoms with E-state index in [1.165, 1.54) is 16.3 Å². The molecule has 0 aliphatic rings. The normalized spacial score (nSPS) is 10.9. The van der Waals surface area contributed by atoms with Gasteiger partial charge in [-0.2, -0.15) is 0 Å². The molecule has 0 saturated carbocycles. The van der Waals surface area contributed by atoms with Crippen molar-refractivity contribution in [3.63, 3.8) is 0 Å². The van der Waals surface area contributed by atoms with E-state index in [2.05, 4.69) is 20.4 Å². The second kappa shape index (κ2) is 6.83. The third kappa shape index (κ3) is 3.30. The average Bonchev–Trinajstić information content (AvgIpc) is 2.98. The average molecular weight is 345 g/mol. The van der Waals surface area contributed by atoms with Gasteiger partial charge in [0.25, 0.3) is 5.56 Å². The maximum atomic E-state index is 12.5. The summed E-state index contributed by atoms with van der Waals surface area (Å²) < 4.78 is 6.42. The number of aryl methyl sites for hydroxylation is 1. The third-order valence-electron chi connectivity index (χ3n) is 3.24. The number of hydrogen-bond donors (Lipinski definition) is 1. The number of pyridine rings is 1. The maximum absolute atomic E-state index is 12.5. The van der Waals surface area contributed by atoms with Crippen LogP contribution < -0.4 is 10.9 Å².